The molecule has 0 fully saturated rings. The van der Waals surface area contributed by atoms with Crippen molar-refractivity contribution in [1.29, 1.82) is 0 Å². The summed E-state index contributed by atoms with van der Waals surface area (Å²) in [5, 5.41) is 29.7. The van der Waals surface area contributed by atoms with Gasteiger partial charge in [0.05, 0.1) is 36.2 Å². The monoisotopic (exact) mass is 812 g/mol. The molecule has 0 aliphatic heterocycles. The number of benzene rings is 4. The predicted molar refractivity (Wildman–Crippen MR) is 219 cm³/mol. The van der Waals surface area contributed by atoms with Crippen molar-refractivity contribution in [3.63, 3.8) is 0 Å². The van der Waals surface area contributed by atoms with Gasteiger partial charge in [0.15, 0.2) is 11.4 Å². The lowest BCUT2D eigenvalue weighted by molar-refractivity contribution is -0.149. The Balaban J connectivity index is 0.000000341. The Bertz CT molecular complexity index is 2220. The number of hydrazine groups is 2. The minimum Gasteiger partial charge on any atom is -0.481 e. The highest BCUT2D eigenvalue weighted by molar-refractivity contribution is 5.95. The third-order valence-electron chi connectivity index (χ3n) is 9.79. The summed E-state index contributed by atoms with van der Waals surface area (Å²) in [4.78, 5) is 53.7. The first-order valence-electron chi connectivity index (χ1n) is 18.2. The van der Waals surface area contributed by atoms with Crippen LogP contribution in [0.15, 0.2) is 72.8 Å². The number of carbonyl (C=O) groups excluding carboxylic acids is 3. The van der Waals surface area contributed by atoms with Gasteiger partial charge in [-0.3, -0.25) is 35.5 Å². The highest BCUT2D eigenvalue weighted by atomic mass is 19.1. The van der Waals surface area contributed by atoms with Crippen LogP contribution in [-0.4, -0.2) is 50.2 Å². The van der Waals surface area contributed by atoms with E-state index in [9.17, 15) is 43.3 Å². The minimum absolute atomic E-state index is 0.188. The molecule has 0 bridgehead atoms. The Morgan fingerprint density at radius 1 is 0.627 bits per heavy atom. The maximum absolute atomic E-state index is 13.0. The van der Waals surface area contributed by atoms with Gasteiger partial charge in [0.1, 0.15) is 11.6 Å². The molecule has 0 aliphatic rings. The van der Waals surface area contributed by atoms with Crippen LogP contribution in [0, 0.1) is 64.3 Å². The average molecular weight is 813 g/mol. The minimum atomic E-state index is -1.36. The van der Waals surface area contributed by atoms with Crippen molar-refractivity contribution in [2.45, 2.75) is 79.4 Å². The van der Waals surface area contributed by atoms with Gasteiger partial charge in [-0.1, -0.05) is 35.4 Å². The number of nitrogens with one attached hydrogen (secondary N) is 3. The number of nitrogens with zero attached hydrogens (tertiary/aromatic N) is 2. The molecule has 312 valence electrons. The zero-order valence-electron chi connectivity index (χ0n) is 34.2. The van der Waals surface area contributed by atoms with E-state index in [1.54, 1.807) is 24.3 Å². The third kappa shape index (κ3) is 14.1. The van der Waals surface area contributed by atoms with Gasteiger partial charge in [-0.15, -0.1) is 0 Å². The van der Waals surface area contributed by atoms with Gasteiger partial charge in [0.2, 0.25) is 5.91 Å². The number of hydrogen-bond donors (Lipinski definition) is 7. The highest BCUT2D eigenvalue weighted by Gasteiger charge is 2.35. The zero-order valence-corrected chi connectivity index (χ0v) is 34.2. The van der Waals surface area contributed by atoms with E-state index in [1.807, 2.05) is 33.1 Å². The largest absolute Gasteiger partial charge is 0.481 e. The number of halogens is 2. The second-order valence-electron chi connectivity index (χ2n) is 14.8. The number of nitrogens with two attached hydrogens (primary N) is 1. The van der Waals surface area contributed by atoms with Crippen molar-refractivity contribution in [2.75, 3.05) is 0 Å². The van der Waals surface area contributed by atoms with Crippen LogP contribution in [-0.2, 0) is 22.4 Å². The summed E-state index contributed by atoms with van der Waals surface area (Å²) < 4.78 is 25.3. The van der Waals surface area contributed by atoms with Crippen LogP contribution in [0.5, 0.6) is 0 Å². The smallest absolute Gasteiger partial charge is 0.309 e. The standard InChI is InChI=1S/C22H24FN3O3.C15H19NO3.C7H7FN2O/c1-13-14(2)19(24-5)11-8-16(13)12-18(22(3,4)29)21(28)26-25-20(27)15-6-9-17(23)10-7-15;1-9-10(2)13(16-5)7-6-11(9)8-12(14(17)18)15(3,4)19;8-6-3-1-5(2-4-6)7(11)10-9/h6-11,18,29H,12H2,1-4H3,(H,25,27)(H,26,28);6-7,12,19H,8H2,1-4H3,(H,17,18);1-4H,9H2,(H,10,11)/t18-;12-;/m00./s1. The molecule has 0 spiro atoms. The van der Waals surface area contributed by atoms with Gasteiger partial charge in [0.25, 0.3) is 11.8 Å². The highest BCUT2D eigenvalue weighted by Crippen LogP contribution is 2.30. The van der Waals surface area contributed by atoms with Crippen LogP contribution >= 0.6 is 0 Å². The lowest BCUT2D eigenvalue weighted by Crippen LogP contribution is -2.50. The Labute approximate surface area is 342 Å². The summed E-state index contributed by atoms with van der Waals surface area (Å²) in [7, 11) is 0. The molecule has 0 radical (unpaired) electrons. The van der Waals surface area contributed by atoms with Crippen molar-refractivity contribution in [1.82, 2.24) is 16.3 Å². The second-order valence-corrected chi connectivity index (χ2v) is 14.8. The fourth-order valence-corrected chi connectivity index (χ4v) is 5.72. The topological polar surface area (TPSA) is 200 Å². The Morgan fingerprint density at radius 3 is 1.34 bits per heavy atom. The maximum Gasteiger partial charge on any atom is 0.309 e. The van der Waals surface area contributed by atoms with Crippen molar-refractivity contribution in [3.8, 4) is 0 Å². The molecule has 3 amide bonds. The van der Waals surface area contributed by atoms with Crippen LogP contribution in [0.2, 0.25) is 0 Å². The first-order valence-corrected chi connectivity index (χ1v) is 18.2. The quantitative estimate of drug-likeness (QED) is 0.0398. The lowest BCUT2D eigenvalue weighted by atomic mass is 9.83. The zero-order chi connectivity index (χ0) is 44.8. The molecule has 2 atom stereocenters. The lowest BCUT2D eigenvalue weighted by Gasteiger charge is -2.29. The number of nitrogen functional groups attached to an aromatic ring is 1. The fourth-order valence-electron chi connectivity index (χ4n) is 5.72. The van der Waals surface area contributed by atoms with Crippen LogP contribution in [0.1, 0.15) is 81.8 Å². The molecule has 4 rings (SSSR count). The van der Waals surface area contributed by atoms with E-state index < -0.39 is 52.5 Å². The number of carboxylic acids is 1. The summed E-state index contributed by atoms with van der Waals surface area (Å²) >= 11 is 0. The molecule has 0 saturated carbocycles. The molecule has 0 heterocycles. The molecule has 4 aromatic carbocycles. The summed E-state index contributed by atoms with van der Waals surface area (Å²) in [6, 6.07) is 17.0. The predicted octanol–water partition coefficient (Wildman–Crippen LogP) is 6.68. The molecule has 8 N–H and O–H groups in total. The van der Waals surface area contributed by atoms with Gasteiger partial charge in [-0.25, -0.2) is 24.3 Å². The number of hydrogen-bond acceptors (Lipinski definition) is 7. The summed E-state index contributed by atoms with van der Waals surface area (Å²) in [6.45, 7) is 27.7. The van der Waals surface area contributed by atoms with E-state index in [0.29, 0.717) is 16.9 Å². The number of carboxylic acid groups (broad SMARTS) is 1. The molecular weight excluding hydrogens is 763 g/mol. The van der Waals surface area contributed by atoms with Crippen molar-refractivity contribution < 1.29 is 43.3 Å². The van der Waals surface area contributed by atoms with E-state index in [-0.39, 0.29) is 24.2 Å². The second kappa shape index (κ2) is 21.3. The van der Waals surface area contributed by atoms with Gasteiger partial charge in [0, 0.05) is 11.1 Å². The van der Waals surface area contributed by atoms with E-state index in [4.69, 9.17) is 19.0 Å². The fraction of sp³-hybridized carbons (Fsp3) is 0.318. The molecule has 59 heavy (non-hydrogen) atoms. The van der Waals surface area contributed by atoms with Crippen LogP contribution in [0.3, 0.4) is 0 Å². The van der Waals surface area contributed by atoms with Crippen molar-refractivity contribution >= 4 is 35.1 Å². The SMILES string of the molecule is NNC(=O)c1ccc(F)cc1.[C-]#[N+]c1ccc(C[C@@H](C(=O)NNC(=O)c2ccc(F)cc2)C(C)(C)O)c(C)c1C.[C-]#[N+]c1ccc(C[C@@H](C(=O)O)C(C)(C)O)c(C)c1C. The van der Waals surface area contributed by atoms with E-state index in [1.165, 1.54) is 64.1 Å². The molecule has 0 aliphatic carbocycles. The Hall–Kier alpha value is -6.52. The molecular formula is C44H50F2N6O7. The van der Waals surface area contributed by atoms with E-state index in [0.717, 1.165) is 45.5 Å². The average Bonchev–Trinajstić information content (AvgIpc) is 3.17. The normalized spacial score (nSPS) is 11.8. The summed E-state index contributed by atoms with van der Waals surface area (Å²) in [5.41, 5.74) is 10.8. The molecule has 15 heteroatoms. The van der Waals surface area contributed by atoms with Gasteiger partial charge >= 0.3 is 5.97 Å². The summed E-state index contributed by atoms with van der Waals surface area (Å²) in [6.07, 6.45) is 0.483. The first-order chi connectivity index (χ1) is 27.5. The van der Waals surface area contributed by atoms with E-state index >= 15 is 0 Å². The summed E-state index contributed by atoms with van der Waals surface area (Å²) in [5.74, 6) is -0.315. The first kappa shape index (κ1) is 48.6. The Morgan fingerprint density at radius 2 is 1.00 bits per heavy atom. The molecule has 4 aromatic rings. The number of carbonyl (C=O) groups is 4. The number of amides is 3. The molecule has 13 nitrogen and oxygen atoms in total. The van der Waals surface area contributed by atoms with Crippen LogP contribution in [0.4, 0.5) is 20.2 Å². The van der Waals surface area contributed by atoms with Gasteiger partial charge in [-0.05, 0) is 139 Å². The maximum atomic E-state index is 13.0. The third-order valence-corrected chi connectivity index (χ3v) is 9.79. The number of aliphatic carboxylic acids is 1. The van der Waals surface area contributed by atoms with Crippen molar-refractivity contribution in [2.24, 2.45) is 17.7 Å². The number of aliphatic hydroxyl groups is 2. The molecule has 0 unspecified atom stereocenters. The van der Waals surface area contributed by atoms with Gasteiger partial charge < -0.3 is 15.3 Å². The van der Waals surface area contributed by atoms with E-state index in [2.05, 4.69) is 20.5 Å². The Kier molecular flexibility index (Phi) is 17.6. The number of rotatable bonds is 10. The molecule has 0 saturated heterocycles. The van der Waals surface area contributed by atoms with Crippen LogP contribution < -0.4 is 22.1 Å². The van der Waals surface area contributed by atoms with Gasteiger partial charge in [-0.2, -0.15) is 0 Å². The van der Waals surface area contributed by atoms with Crippen molar-refractivity contribution in [3.05, 3.63) is 152 Å². The molecule has 0 aromatic heterocycles. The van der Waals surface area contributed by atoms with Crippen LogP contribution in [0.25, 0.3) is 9.69 Å².